The molecule has 7 heteroatoms. The summed E-state index contributed by atoms with van der Waals surface area (Å²) >= 11 is 5.77. The number of amides is 2. The Bertz CT molecular complexity index is 722. The van der Waals surface area contributed by atoms with Crippen molar-refractivity contribution in [2.75, 3.05) is 0 Å². The number of hydrazine groups is 1. The van der Waals surface area contributed by atoms with Gasteiger partial charge >= 0.3 is 0 Å². The van der Waals surface area contributed by atoms with E-state index in [1.807, 2.05) is 0 Å². The number of rotatable bonds is 5. The lowest BCUT2D eigenvalue weighted by molar-refractivity contribution is -0.132. The van der Waals surface area contributed by atoms with E-state index in [9.17, 15) is 14.0 Å². The summed E-state index contributed by atoms with van der Waals surface area (Å²) in [6.07, 6.45) is -0.891. The van der Waals surface area contributed by atoms with Gasteiger partial charge in [-0.25, -0.2) is 4.39 Å². The van der Waals surface area contributed by atoms with Gasteiger partial charge in [0.05, 0.1) is 6.42 Å². The van der Waals surface area contributed by atoms with Crippen molar-refractivity contribution in [3.05, 3.63) is 64.9 Å². The van der Waals surface area contributed by atoms with Gasteiger partial charge in [-0.05, 0) is 36.8 Å². The fraction of sp³-hybridized carbons (Fsp3) is 0.176. The maximum absolute atomic E-state index is 13.5. The highest BCUT2D eigenvalue weighted by molar-refractivity contribution is 6.30. The highest BCUT2D eigenvalue weighted by Gasteiger charge is 2.17. The van der Waals surface area contributed by atoms with Crippen molar-refractivity contribution in [3.63, 3.8) is 0 Å². The van der Waals surface area contributed by atoms with Crippen LogP contribution in [-0.4, -0.2) is 17.9 Å². The van der Waals surface area contributed by atoms with Gasteiger partial charge in [-0.2, -0.15) is 0 Å². The van der Waals surface area contributed by atoms with Crippen LogP contribution in [0.4, 0.5) is 4.39 Å². The molecule has 0 saturated heterocycles. The maximum atomic E-state index is 13.5. The van der Waals surface area contributed by atoms with Gasteiger partial charge in [-0.1, -0.05) is 35.9 Å². The van der Waals surface area contributed by atoms with Crippen molar-refractivity contribution in [1.82, 2.24) is 10.9 Å². The SMILES string of the molecule is CC(Oc1ccccc1F)C(=O)NNC(=O)Cc1ccc(Cl)cc1. The Kier molecular flexibility index (Phi) is 6.14. The minimum atomic E-state index is -0.974. The maximum Gasteiger partial charge on any atom is 0.279 e. The second-order valence-electron chi connectivity index (χ2n) is 5.03. The van der Waals surface area contributed by atoms with Crippen LogP contribution in [0.3, 0.4) is 0 Å². The fourth-order valence-electron chi connectivity index (χ4n) is 1.85. The zero-order valence-electron chi connectivity index (χ0n) is 12.9. The Morgan fingerprint density at radius 2 is 1.79 bits per heavy atom. The molecule has 0 spiro atoms. The number of benzene rings is 2. The molecule has 0 aliphatic rings. The molecular weight excluding hydrogens is 335 g/mol. The monoisotopic (exact) mass is 350 g/mol. The molecule has 0 radical (unpaired) electrons. The van der Waals surface area contributed by atoms with Crippen LogP contribution in [0.15, 0.2) is 48.5 Å². The molecule has 2 aromatic rings. The van der Waals surface area contributed by atoms with E-state index < -0.39 is 23.7 Å². The van der Waals surface area contributed by atoms with Crippen LogP contribution in [-0.2, 0) is 16.0 Å². The second-order valence-corrected chi connectivity index (χ2v) is 5.47. The number of carbonyl (C=O) groups excluding carboxylic acids is 2. The fourth-order valence-corrected chi connectivity index (χ4v) is 1.98. The van der Waals surface area contributed by atoms with Gasteiger partial charge in [0.2, 0.25) is 5.91 Å². The van der Waals surface area contributed by atoms with Crippen LogP contribution in [0.2, 0.25) is 5.02 Å². The number of para-hydroxylation sites is 1. The van der Waals surface area contributed by atoms with Gasteiger partial charge in [0.25, 0.3) is 5.91 Å². The molecule has 24 heavy (non-hydrogen) atoms. The van der Waals surface area contributed by atoms with Gasteiger partial charge in [-0.3, -0.25) is 20.4 Å². The molecule has 0 bridgehead atoms. The molecule has 1 atom stereocenters. The number of ether oxygens (including phenoxy) is 1. The first kappa shape index (κ1) is 17.7. The Morgan fingerprint density at radius 3 is 2.46 bits per heavy atom. The molecule has 2 amide bonds. The Balaban J connectivity index is 1.80. The first-order valence-electron chi connectivity index (χ1n) is 7.20. The summed E-state index contributed by atoms with van der Waals surface area (Å²) in [5, 5.41) is 0.576. The normalized spacial score (nSPS) is 11.5. The van der Waals surface area contributed by atoms with Gasteiger partial charge < -0.3 is 4.74 Å². The topological polar surface area (TPSA) is 67.4 Å². The van der Waals surface area contributed by atoms with Crippen molar-refractivity contribution in [1.29, 1.82) is 0 Å². The summed E-state index contributed by atoms with van der Waals surface area (Å²) in [6, 6.07) is 12.5. The first-order valence-corrected chi connectivity index (χ1v) is 7.58. The average molecular weight is 351 g/mol. The van der Waals surface area contributed by atoms with Crippen LogP contribution >= 0.6 is 11.6 Å². The first-order chi connectivity index (χ1) is 11.5. The molecule has 0 aliphatic carbocycles. The van der Waals surface area contributed by atoms with E-state index in [4.69, 9.17) is 16.3 Å². The summed E-state index contributed by atoms with van der Waals surface area (Å²) in [7, 11) is 0. The minimum absolute atomic E-state index is 0.0346. The van der Waals surface area contributed by atoms with Crippen molar-refractivity contribution >= 4 is 23.4 Å². The molecule has 0 heterocycles. The number of carbonyl (C=O) groups is 2. The van der Waals surface area contributed by atoms with Crippen molar-refractivity contribution < 1.29 is 18.7 Å². The third-order valence-corrected chi connectivity index (χ3v) is 3.36. The summed E-state index contributed by atoms with van der Waals surface area (Å²) < 4.78 is 18.7. The Hall–Kier alpha value is -2.60. The predicted molar refractivity (Wildman–Crippen MR) is 87.9 cm³/mol. The minimum Gasteiger partial charge on any atom is -0.478 e. The number of hydrogen-bond acceptors (Lipinski definition) is 3. The van der Waals surface area contributed by atoms with Crippen LogP contribution in [0.25, 0.3) is 0 Å². The zero-order valence-corrected chi connectivity index (χ0v) is 13.6. The van der Waals surface area contributed by atoms with Crippen LogP contribution in [0.5, 0.6) is 5.75 Å². The second kappa shape index (κ2) is 8.31. The van der Waals surface area contributed by atoms with Crippen molar-refractivity contribution in [3.8, 4) is 5.75 Å². The third-order valence-electron chi connectivity index (χ3n) is 3.11. The average Bonchev–Trinajstić information content (AvgIpc) is 2.56. The van der Waals surface area contributed by atoms with Gasteiger partial charge in [0.15, 0.2) is 17.7 Å². The predicted octanol–water partition coefficient (Wildman–Crippen LogP) is 2.64. The Labute approximate surface area is 143 Å². The standard InChI is InChI=1S/C17H16ClFN2O3/c1-11(24-15-5-3-2-4-14(15)19)17(23)21-20-16(22)10-12-6-8-13(18)9-7-12/h2-9,11H,10H2,1H3,(H,20,22)(H,21,23). The molecule has 0 aromatic heterocycles. The Morgan fingerprint density at radius 1 is 1.12 bits per heavy atom. The quantitative estimate of drug-likeness (QED) is 0.815. The van der Waals surface area contributed by atoms with E-state index in [0.717, 1.165) is 5.56 Å². The zero-order chi connectivity index (χ0) is 17.5. The lowest BCUT2D eigenvalue weighted by Crippen LogP contribution is -2.47. The number of nitrogens with one attached hydrogen (secondary N) is 2. The summed E-state index contributed by atoms with van der Waals surface area (Å²) in [5.74, 6) is -1.59. The highest BCUT2D eigenvalue weighted by Crippen LogP contribution is 2.16. The van der Waals surface area contributed by atoms with E-state index in [2.05, 4.69) is 10.9 Å². The lowest BCUT2D eigenvalue weighted by Gasteiger charge is -2.15. The van der Waals surface area contributed by atoms with Crippen molar-refractivity contribution in [2.45, 2.75) is 19.4 Å². The van der Waals surface area contributed by atoms with Crippen molar-refractivity contribution in [2.24, 2.45) is 0 Å². The summed E-state index contributed by atoms with van der Waals surface area (Å²) in [5.41, 5.74) is 5.27. The third kappa shape index (κ3) is 5.24. The van der Waals surface area contributed by atoms with E-state index in [1.54, 1.807) is 30.3 Å². The lowest BCUT2D eigenvalue weighted by atomic mass is 10.1. The molecule has 2 aromatic carbocycles. The molecule has 0 fully saturated rings. The van der Waals surface area contributed by atoms with E-state index in [1.165, 1.54) is 25.1 Å². The smallest absolute Gasteiger partial charge is 0.279 e. The van der Waals surface area contributed by atoms with Gasteiger partial charge in [0.1, 0.15) is 0 Å². The largest absolute Gasteiger partial charge is 0.478 e. The number of halogens is 2. The van der Waals surface area contributed by atoms with Crippen LogP contribution < -0.4 is 15.6 Å². The summed E-state index contributed by atoms with van der Waals surface area (Å²) in [4.78, 5) is 23.6. The van der Waals surface area contributed by atoms with Crippen LogP contribution in [0.1, 0.15) is 12.5 Å². The molecule has 126 valence electrons. The molecule has 0 saturated carbocycles. The summed E-state index contributed by atoms with van der Waals surface area (Å²) in [6.45, 7) is 1.45. The van der Waals surface area contributed by atoms with Gasteiger partial charge in [0, 0.05) is 5.02 Å². The highest BCUT2D eigenvalue weighted by atomic mass is 35.5. The molecule has 2 N–H and O–H groups in total. The van der Waals surface area contributed by atoms with E-state index >= 15 is 0 Å². The molecular formula is C17H16ClFN2O3. The van der Waals surface area contributed by atoms with E-state index in [-0.39, 0.29) is 12.2 Å². The molecule has 0 aliphatic heterocycles. The van der Waals surface area contributed by atoms with Crippen LogP contribution in [0, 0.1) is 5.82 Å². The molecule has 1 unspecified atom stereocenters. The molecule has 5 nitrogen and oxygen atoms in total. The van der Waals surface area contributed by atoms with Gasteiger partial charge in [-0.15, -0.1) is 0 Å². The van der Waals surface area contributed by atoms with E-state index in [0.29, 0.717) is 5.02 Å². The molecule has 2 rings (SSSR count). The number of hydrogen-bond donors (Lipinski definition) is 2.